The summed E-state index contributed by atoms with van der Waals surface area (Å²) in [6.07, 6.45) is 99.0. The quantitative estimate of drug-likeness (QED) is 0.0277. The van der Waals surface area contributed by atoms with Crippen LogP contribution in [-0.4, -0.2) is 62.4 Å². The number of nitrogens with one attached hydrogen (secondary N) is 3. The van der Waals surface area contributed by atoms with E-state index in [2.05, 4.69) is 141 Å². The Kier molecular flexibility index (Phi) is 106. The second-order valence-corrected chi connectivity index (χ2v) is 23.2. The maximum Gasteiger partial charge on any atom is 1.00 e. The Labute approximate surface area is 557 Å². The summed E-state index contributed by atoms with van der Waals surface area (Å²) < 4.78 is 0. The molecule has 2 amide bonds. The van der Waals surface area contributed by atoms with Gasteiger partial charge in [-0.3, -0.25) is 9.59 Å². The van der Waals surface area contributed by atoms with Gasteiger partial charge in [-0.2, -0.15) is 0 Å². The predicted molar refractivity (Wildman–Crippen MR) is 389 cm³/mol. The molecule has 0 aliphatic heterocycles. The van der Waals surface area contributed by atoms with E-state index in [1.54, 1.807) is 13.8 Å². The monoisotopic (exact) mass is 1200 g/mol. The van der Waals surface area contributed by atoms with Gasteiger partial charge in [0.15, 0.2) is 17.4 Å². The summed E-state index contributed by atoms with van der Waals surface area (Å²) in [7, 11) is 2.03. The number of hydrogen-bond acceptors (Lipinski definition) is 4. The molecule has 0 aromatic carbocycles. The maximum atomic E-state index is 10.7. The molecule has 6 nitrogen and oxygen atoms in total. The topological polar surface area (TPSA) is 96.2 Å². The van der Waals surface area contributed by atoms with Crippen LogP contribution in [0.1, 0.15) is 351 Å². The number of rotatable bonds is 59. The SMILES string of the molecule is CCCCC/C=C\C/C=C\CCCCCCCCN.CCCCC/C=C\C/C=C\CCCCCCCCNC.CCCCC/C=C\C/C=C\CCCCCCCCNC(C)=O.CCCCC/C=C\C/C=C\CCCCCCCCNC(C)=O.[AlH3].[H-].[Li+]. The van der Waals surface area contributed by atoms with Gasteiger partial charge in [0.25, 0.3) is 0 Å². The fraction of sp³-hybridized carbons (Fsp3) is 0.766. The molecular formula is C77H150AlLiN4O2. The third-order valence-electron chi connectivity index (χ3n) is 14.5. The van der Waals surface area contributed by atoms with E-state index in [0.717, 1.165) is 58.2 Å². The largest absolute Gasteiger partial charge is 1.00 e. The van der Waals surface area contributed by atoms with E-state index in [9.17, 15) is 9.59 Å². The average molecular weight is 1200 g/mol. The summed E-state index contributed by atoms with van der Waals surface area (Å²) in [5.74, 6) is 0.171. The molecule has 0 rings (SSSR count). The van der Waals surface area contributed by atoms with E-state index in [4.69, 9.17) is 5.73 Å². The van der Waals surface area contributed by atoms with Crippen LogP contribution in [0.2, 0.25) is 0 Å². The van der Waals surface area contributed by atoms with Gasteiger partial charge >= 0.3 is 18.9 Å². The van der Waals surface area contributed by atoms with Crippen LogP contribution in [0.25, 0.3) is 0 Å². The van der Waals surface area contributed by atoms with Crippen LogP contribution in [0, 0.1) is 0 Å². The van der Waals surface area contributed by atoms with Crippen LogP contribution in [-0.2, 0) is 9.59 Å². The van der Waals surface area contributed by atoms with Gasteiger partial charge in [-0.05, 0) is 174 Å². The first-order chi connectivity index (χ1) is 40.9. The predicted octanol–water partition coefficient (Wildman–Crippen LogP) is 19.6. The molecule has 494 valence electrons. The molecule has 5 N–H and O–H groups in total. The summed E-state index contributed by atoms with van der Waals surface area (Å²) in [6, 6.07) is 0. The molecule has 0 radical (unpaired) electrons. The third kappa shape index (κ3) is 110. The van der Waals surface area contributed by atoms with Crippen LogP contribution in [0.4, 0.5) is 0 Å². The zero-order valence-electron chi connectivity index (χ0n) is 58.9. The molecule has 0 aliphatic rings. The van der Waals surface area contributed by atoms with Crippen molar-refractivity contribution >= 4 is 29.2 Å². The Morgan fingerprint density at radius 2 is 0.482 bits per heavy atom. The fourth-order valence-corrected chi connectivity index (χ4v) is 9.18. The number of nitrogens with two attached hydrogens (primary N) is 1. The molecule has 0 atom stereocenters. The van der Waals surface area contributed by atoms with Crippen LogP contribution in [0.3, 0.4) is 0 Å². The molecule has 0 fully saturated rings. The van der Waals surface area contributed by atoms with Gasteiger partial charge in [0.05, 0.1) is 0 Å². The van der Waals surface area contributed by atoms with E-state index < -0.39 is 0 Å². The third-order valence-corrected chi connectivity index (χ3v) is 14.5. The molecule has 0 spiro atoms. The molecule has 0 unspecified atom stereocenters. The number of amides is 2. The van der Waals surface area contributed by atoms with E-state index in [1.165, 1.54) is 276 Å². The van der Waals surface area contributed by atoms with Gasteiger partial charge in [-0.1, -0.05) is 279 Å². The molecule has 8 heteroatoms. The van der Waals surface area contributed by atoms with Crippen LogP contribution in [0.15, 0.2) is 97.2 Å². The number of unbranched alkanes of at least 4 members (excludes halogenated alkanes) is 36. The number of allylic oxidation sites excluding steroid dienone is 16. The minimum atomic E-state index is 0. The summed E-state index contributed by atoms with van der Waals surface area (Å²) in [5.41, 5.74) is 5.47. The number of carbonyl (C=O) groups is 2. The molecular weight excluding hydrogens is 1050 g/mol. The van der Waals surface area contributed by atoms with Crippen molar-refractivity contribution in [1.82, 2.24) is 16.0 Å². The summed E-state index contributed by atoms with van der Waals surface area (Å²) in [5, 5.41) is 8.89. The zero-order valence-corrected chi connectivity index (χ0v) is 57.9. The van der Waals surface area contributed by atoms with Crippen molar-refractivity contribution in [3.8, 4) is 0 Å². The number of carbonyl (C=O) groups excluding carboxylic acids is 2. The van der Waals surface area contributed by atoms with E-state index in [-0.39, 0.29) is 49.5 Å². The Hall–Kier alpha value is -2.09. The van der Waals surface area contributed by atoms with Crippen molar-refractivity contribution in [3.05, 3.63) is 97.2 Å². The minimum Gasteiger partial charge on any atom is -1.00 e. The van der Waals surface area contributed by atoms with Crippen LogP contribution < -0.4 is 40.5 Å². The second kappa shape index (κ2) is 95.6. The van der Waals surface area contributed by atoms with Crippen molar-refractivity contribution in [3.63, 3.8) is 0 Å². The zero-order chi connectivity index (χ0) is 61.4. The van der Waals surface area contributed by atoms with Gasteiger partial charge in [0, 0.05) is 26.9 Å². The van der Waals surface area contributed by atoms with E-state index in [1.807, 2.05) is 7.05 Å². The number of hydrogen-bond donors (Lipinski definition) is 4. The summed E-state index contributed by atoms with van der Waals surface area (Å²) in [4.78, 5) is 21.4. The Morgan fingerprint density at radius 1 is 0.294 bits per heavy atom. The molecule has 0 heterocycles. The first kappa shape index (κ1) is 94.0. The first-order valence-corrected chi connectivity index (χ1v) is 35.9. The van der Waals surface area contributed by atoms with Crippen LogP contribution in [0.5, 0.6) is 0 Å². The molecule has 85 heavy (non-hydrogen) atoms. The smallest absolute Gasteiger partial charge is 1.00 e. The molecule has 0 aromatic heterocycles. The maximum absolute atomic E-state index is 10.7. The van der Waals surface area contributed by atoms with Crippen molar-refractivity contribution in [2.24, 2.45) is 5.73 Å². The van der Waals surface area contributed by atoms with E-state index in [0.29, 0.717) is 0 Å². The second-order valence-electron chi connectivity index (χ2n) is 23.2. The standard InChI is InChI=1S/2C20H37NO.C19H37N.C18H35N.Al.Li.4H/c2*1-3-4-5-6-7-8-9-10-11-12-13-14-15-16-17-18-19-21-20(2)22;1-3-4-5-6-7-8-9-10-11-12-13-14-15-16-17-18-19-20-2;1-2-3-4-5-6-7-8-9-10-11-12-13-14-15-16-17-18-19;;;;;;/h2*7-8,10-11H,3-6,9,12-19H2,1-2H3,(H,21,22);7-8,10-11,20H,3-6,9,12-19H2,1-2H3;6-7,9-10H,2-5,8,11-19H2,1H3;;;;;;/q;;;;;+1;;;;-1/b3*8-7-,11-10-;7-6-,10-9-;;;;;;. The molecule has 0 aromatic rings. The minimum absolute atomic E-state index is 0. The van der Waals surface area contributed by atoms with E-state index >= 15 is 0 Å². The van der Waals surface area contributed by atoms with Crippen molar-refractivity contribution in [1.29, 1.82) is 0 Å². The molecule has 0 saturated heterocycles. The van der Waals surface area contributed by atoms with Gasteiger partial charge in [-0.25, -0.2) is 0 Å². The summed E-state index contributed by atoms with van der Waals surface area (Å²) in [6.45, 7) is 15.9. The summed E-state index contributed by atoms with van der Waals surface area (Å²) >= 11 is 0. The van der Waals surface area contributed by atoms with Crippen LogP contribution >= 0.6 is 0 Å². The molecule has 0 saturated carbocycles. The van der Waals surface area contributed by atoms with Gasteiger partial charge in [0.1, 0.15) is 0 Å². The van der Waals surface area contributed by atoms with Gasteiger partial charge in [0.2, 0.25) is 11.8 Å². The molecule has 0 aliphatic carbocycles. The van der Waals surface area contributed by atoms with Gasteiger partial charge in [-0.15, -0.1) is 0 Å². The van der Waals surface area contributed by atoms with Crippen molar-refractivity contribution in [2.45, 2.75) is 350 Å². The normalized spacial score (nSPS) is 11.4. The Bertz CT molecular complexity index is 1400. The van der Waals surface area contributed by atoms with Crippen molar-refractivity contribution in [2.75, 3.05) is 33.2 Å². The Morgan fingerprint density at radius 3 is 0.682 bits per heavy atom. The van der Waals surface area contributed by atoms with Crippen molar-refractivity contribution < 1.29 is 29.9 Å². The average Bonchev–Trinajstić information content (AvgIpc) is 3.48. The fourth-order valence-electron chi connectivity index (χ4n) is 9.18. The van der Waals surface area contributed by atoms with Gasteiger partial charge < -0.3 is 23.1 Å². The first-order valence-electron chi connectivity index (χ1n) is 35.9. The molecule has 0 bridgehead atoms. The Balaban J connectivity index is -0.000000192.